The zero-order valence-corrected chi connectivity index (χ0v) is 22.8. The van der Waals surface area contributed by atoms with E-state index in [1.165, 1.54) is 6.21 Å². The van der Waals surface area contributed by atoms with E-state index in [4.69, 9.17) is 44.3 Å². The molecule has 0 atom stereocenters. The number of hydrogen-bond acceptors (Lipinski definition) is 5. The summed E-state index contributed by atoms with van der Waals surface area (Å²) in [5.74, 6) is -0.169. The summed E-state index contributed by atoms with van der Waals surface area (Å²) in [4.78, 5) is 24.2. The standard InChI is InChI=1S/C25H21BrCl3N3O4/c1-2-35-21-11-15(10-17(26)25(21)36-14-16-6-3-4-7-18(16)27)13-30-32-23(34)12-22(33)31-20-9-5-8-19(28)24(20)29/h3-11,13H,2,12,14H2,1H3,(H,31,33)(H,32,34). The molecule has 0 unspecified atom stereocenters. The van der Waals surface area contributed by atoms with Gasteiger partial charge in [-0.05, 0) is 58.7 Å². The Hall–Kier alpha value is -2.78. The first-order chi connectivity index (χ1) is 17.3. The van der Waals surface area contributed by atoms with E-state index in [0.29, 0.717) is 43.9 Å². The molecule has 0 aliphatic heterocycles. The van der Waals surface area contributed by atoms with Crippen LogP contribution in [0.3, 0.4) is 0 Å². The molecule has 0 fully saturated rings. The Morgan fingerprint density at radius 3 is 2.50 bits per heavy atom. The third-order valence-corrected chi connectivity index (χ3v) is 6.39. The molecule has 0 aliphatic carbocycles. The SMILES string of the molecule is CCOc1cc(C=NNC(=O)CC(=O)Nc2cccc(Cl)c2Cl)cc(Br)c1OCc1ccccc1Cl. The van der Waals surface area contributed by atoms with E-state index < -0.39 is 18.2 Å². The number of nitrogens with zero attached hydrogens (tertiary/aromatic N) is 1. The second kappa shape index (κ2) is 13.5. The summed E-state index contributed by atoms with van der Waals surface area (Å²) in [5.41, 5.74) is 4.10. The van der Waals surface area contributed by atoms with Crippen LogP contribution in [0.15, 0.2) is 64.2 Å². The van der Waals surface area contributed by atoms with Crippen LogP contribution in [0.25, 0.3) is 0 Å². The molecule has 188 valence electrons. The Kier molecular flexibility index (Phi) is 10.4. The van der Waals surface area contributed by atoms with Crippen LogP contribution >= 0.6 is 50.7 Å². The van der Waals surface area contributed by atoms with Crippen molar-refractivity contribution in [1.29, 1.82) is 0 Å². The number of hydrogen-bond donors (Lipinski definition) is 2. The number of rotatable bonds is 10. The van der Waals surface area contributed by atoms with Crippen LogP contribution in [-0.4, -0.2) is 24.6 Å². The lowest BCUT2D eigenvalue weighted by Gasteiger charge is -2.15. The number of ether oxygens (including phenoxy) is 2. The largest absolute Gasteiger partial charge is 0.490 e. The van der Waals surface area contributed by atoms with E-state index in [1.54, 1.807) is 36.4 Å². The molecular weight excluding hydrogens is 593 g/mol. The van der Waals surface area contributed by atoms with E-state index >= 15 is 0 Å². The van der Waals surface area contributed by atoms with Crippen molar-refractivity contribution < 1.29 is 19.1 Å². The average molecular weight is 614 g/mol. The summed E-state index contributed by atoms with van der Waals surface area (Å²) < 4.78 is 12.3. The van der Waals surface area contributed by atoms with Crippen LogP contribution in [0.5, 0.6) is 11.5 Å². The number of halogens is 4. The van der Waals surface area contributed by atoms with Gasteiger partial charge >= 0.3 is 0 Å². The molecule has 0 radical (unpaired) electrons. The predicted octanol–water partition coefficient (Wildman–Crippen LogP) is 6.87. The van der Waals surface area contributed by atoms with E-state index in [0.717, 1.165) is 5.56 Å². The molecule has 2 amide bonds. The van der Waals surface area contributed by atoms with Gasteiger partial charge < -0.3 is 14.8 Å². The molecule has 0 aromatic heterocycles. The van der Waals surface area contributed by atoms with Crippen LogP contribution < -0.4 is 20.2 Å². The van der Waals surface area contributed by atoms with Crippen molar-refractivity contribution in [1.82, 2.24) is 5.43 Å². The molecule has 3 aromatic rings. The smallest absolute Gasteiger partial charge is 0.249 e. The molecule has 0 spiro atoms. The summed E-state index contributed by atoms with van der Waals surface area (Å²) in [6.07, 6.45) is 0.970. The Balaban J connectivity index is 1.61. The third-order valence-electron chi connectivity index (χ3n) is 4.61. The van der Waals surface area contributed by atoms with Gasteiger partial charge in [0.1, 0.15) is 13.0 Å². The lowest BCUT2D eigenvalue weighted by molar-refractivity contribution is -0.126. The quantitative estimate of drug-likeness (QED) is 0.149. The lowest BCUT2D eigenvalue weighted by atomic mass is 10.2. The van der Waals surface area contributed by atoms with Crippen molar-refractivity contribution in [2.24, 2.45) is 5.10 Å². The molecule has 11 heteroatoms. The molecule has 0 aliphatic rings. The van der Waals surface area contributed by atoms with Gasteiger partial charge in [-0.1, -0.05) is 59.1 Å². The highest BCUT2D eigenvalue weighted by Crippen LogP contribution is 2.37. The molecular formula is C25H21BrCl3N3O4. The first-order valence-corrected chi connectivity index (χ1v) is 12.6. The molecule has 2 N–H and O–H groups in total. The first-order valence-electron chi connectivity index (χ1n) is 10.7. The van der Waals surface area contributed by atoms with E-state index in [2.05, 4.69) is 31.8 Å². The Labute approximate surface area is 231 Å². The predicted molar refractivity (Wildman–Crippen MR) is 147 cm³/mol. The number of hydrazone groups is 1. The van der Waals surface area contributed by atoms with Crippen molar-refractivity contribution >= 4 is 74.4 Å². The number of amides is 2. The average Bonchev–Trinajstić information content (AvgIpc) is 2.82. The highest BCUT2D eigenvalue weighted by atomic mass is 79.9. The van der Waals surface area contributed by atoms with Crippen LogP contribution in [0.1, 0.15) is 24.5 Å². The van der Waals surface area contributed by atoms with Crippen LogP contribution in [0.2, 0.25) is 15.1 Å². The maximum atomic E-state index is 12.1. The minimum absolute atomic E-state index is 0.195. The second-order valence-corrected chi connectivity index (χ2v) is 9.31. The van der Waals surface area contributed by atoms with Gasteiger partial charge in [-0.3, -0.25) is 9.59 Å². The number of benzene rings is 3. The molecule has 3 aromatic carbocycles. The maximum absolute atomic E-state index is 12.1. The van der Waals surface area contributed by atoms with Crippen molar-refractivity contribution in [3.05, 3.63) is 85.3 Å². The summed E-state index contributed by atoms with van der Waals surface area (Å²) in [6.45, 7) is 2.52. The molecule has 3 rings (SSSR count). The molecule has 36 heavy (non-hydrogen) atoms. The monoisotopic (exact) mass is 611 g/mol. The number of nitrogens with one attached hydrogen (secondary N) is 2. The van der Waals surface area contributed by atoms with E-state index in [9.17, 15) is 9.59 Å². The Morgan fingerprint density at radius 2 is 1.75 bits per heavy atom. The molecule has 0 saturated carbocycles. The van der Waals surface area contributed by atoms with Gasteiger partial charge in [0.05, 0.1) is 33.0 Å². The van der Waals surface area contributed by atoms with Crippen molar-refractivity contribution in [2.75, 3.05) is 11.9 Å². The highest BCUT2D eigenvalue weighted by Gasteiger charge is 2.14. The van der Waals surface area contributed by atoms with E-state index in [-0.39, 0.29) is 11.6 Å². The summed E-state index contributed by atoms with van der Waals surface area (Å²) in [6, 6.07) is 15.7. The zero-order chi connectivity index (χ0) is 26.1. The van der Waals surface area contributed by atoms with Gasteiger partial charge in [0, 0.05) is 10.6 Å². The Morgan fingerprint density at radius 1 is 1.00 bits per heavy atom. The fourth-order valence-corrected chi connectivity index (χ4v) is 4.10. The number of anilines is 1. The number of carbonyl (C=O) groups excluding carboxylic acids is 2. The lowest BCUT2D eigenvalue weighted by Crippen LogP contribution is -2.24. The fourth-order valence-electron chi connectivity index (χ4n) is 2.99. The summed E-state index contributed by atoms with van der Waals surface area (Å²) in [7, 11) is 0. The van der Waals surface area contributed by atoms with Crippen molar-refractivity contribution in [3.8, 4) is 11.5 Å². The van der Waals surface area contributed by atoms with Crippen LogP contribution in [0.4, 0.5) is 5.69 Å². The molecule has 0 heterocycles. The maximum Gasteiger partial charge on any atom is 0.249 e. The minimum atomic E-state index is -0.606. The molecule has 7 nitrogen and oxygen atoms in total. The van der Waals surface area contributed by atoms with Crippen LogP contribution in [-0.2, 0) is 16.2 Å². The Bertz CT molecular complexity index is 1290. The van der Waals surface area contributed by atoms with Gasteiger partial charge in [0.15, 0.2) is 11.5 Å². The van der Waals surface area contributed by atoms with Gasteiger partial charge in [-0.15, -0.1) is 0 Å². The first kappa shape index (κ1) is 27.8. The summed E-state index contributed by atoms with van der Waals surface area (Å²) in [5, 5.41) is 7.56. The fraction of sp³-hybridized carbons (Fsp3) is 0.160. The second-order valence-electron chi connectivity index (χ2n) is 7.26. The normalized spacial score (nSPS) is 10.8. The van der Waals surface area contributed by atoms with Crippen molar-refractivity contribution in [2.45, 2.75) is 20.0 Å². The highest BCUT2D eigenvalue weighted by molar-refractivity contribution is 9.10. The summed E-state index contributed by atoms with van der Waals surface area (Å²) >= 11 is 21.7. The molecule has 0 saturated heterocycles. The van der Waals surface area contributed by atoms with E-state index in [1.807, 2.05) is 25.1 Å². The zero-order valence-electron chi connectivity index (χ0n) is 19.0. The topological polar surface area (TPSA) is 89.0 Å². The molecule has 0 bridgehead atoms. The number of carbonyl (C=O) groups is 2. The van der Waals surface area contributed by atoms with Crippen LogP contribution in [0, 0.1) is 0 Å². The van der Waals surface area contributed by atoms with Gasteiger partial charge in [-0.2, -0.15) is 5.10 Å². The minimum Gasteiger partial charge on any atom is -0.490 e. The van der Waals surface area contributed by atoms with Gasteiger partial charge in [-0.25, -0.2) is 5.43 Å². The van der Waals surface area contributed by atoms with Gasteiger partial charge in [0.2, 0.25) is 11.8 Å². The van der Waals surface area contributed by atoms with Crippen molar-refractivity contribution in [3.63, 3.8) is 0 Å². The van der Waals surface area contributed by atoms with Gasteiger partial charge in [0.25, 0.3) is 0 Å². The third kappa shape index (κ3) is 7.86.